The fraction of sp³-hybridized carbons (Fsp3) is 0.700. The van der Waals surface area contributed by atoms with Gasteiger partial charge in [-0.05, 0) is 38.5 Å². The van der Waals surface area contributed by atoms with Crippen LogP contribution in [0, 0.1) is 0 Å². The summed E-state index contributed by atoms with van der Waals surface area (Å²) in [4.78, 5) is 10.9. The Morgan fingerprint density at radius 2 is 1.55 bits per heavy atom. The van der Waals surface area contributed by atoms with E-state index in [1.165, 1.54) is 58.1 Å². The van der Waals surface area contributed by atoms with E-state index < -0.39 is 10.0 Å². The Kier molecular flexibility index (Phi) is 13.4. The first-order chi connectivity index (χ1) is 14.0. The molecule has 0 unspecified atom stereocenters. The lowest BCUT2D eigenvalue weighted by Crippen LogP contribution is -2.04. The first-order valence-electron chi connectivity index (χ1n) is 10.5. The molecule has 9 heteroatoms. The van der Waals surface area contributed by atoms with Gasteiger partial charge in [-0.15, -0.1) is 10.2 Å². The largest absolute Gasteiger partial charge is 0.311 e. The lowest BCUT2D eigenvalue weighted by molar-refractivity contribution is -0.114. The fourth-order valence-corrected chi connectivity index (χ4v) is 4.51. The van der Waals surface area contributed by atoms with Crippen LogP contribution in [0.1, 0.15) is 90.9 Å². The summed E-state index contributed by atoms with van der Waals surface area (Å²) >= 11 is 0.794. The summed E-state index contributed by atoms with van der Waals surface area (Å²) in [7, 11) is -3.84. The van der Waals surface area contributed by atoms with Crippen molar-refractivity contribution < 1.29 is 13.2 Å². The molecule has 0 spiro atoms. The van der Waals surface area contributed by atoms with Crippen LogP contribution in [0.2, 0.25) is 0 Å². The maximum Gasteiger partial charge on any atom is 0.311 e. The van der Waals surface area contributed by atoms with Crippen LogP contribution in [0.3, 0.4) is 0 Å². The topological polar surface area (TPSA) is 101 Å². The van der Waals surface area contributed by atoms with Crippen LogP contribution in [-0.2, 0) is 14.8 Å². The second kappa shape index (κ2) is 15.3. The number of rotatable bonds is 16. The van der Waals surface area contributed by atoms with Crippen LogP contribution in [0.4, 0.5) is 5.13 Å². The van der Waals surface area contributed by atoms with Gasteiger partial charge >= 0.3 is 10.0 Å². The monoisotopic (exact) mass is 442 g/mol. The zero-order chi connectivity index (χ0) is 21.4. The third-order valence-corrected chi connectivity index (χ3v) is 6.68. The molecule has 1 rings (SSSR count). The highest BCUT2D eigenvalue weighted by molar-refractivity contribution is 7.92. The first-order valence-corrected chi connectivity index (χ1v) is 12.8. The van der Waals surface area contributed by atoms with Crippen molar-refractivity contribution in [2.75, 3.05) is 5.32 Å². The van der Waals surface area contributed by atoms with Crippen LogP contribution >= 0.6 is 11.3 Å². The normalized spacial score (nSPS) is 12.2. The molecule has 0 saturated heterocycles. The molecule has 1 N–H and O–H groups in total. The summed E-state index contributed by atoms with van der Waals surface area (Å²) in [5, 5.41) is 9.75. The second-order valence-corrected chi connectivity index (χ2v) is 9.77. The second-order valence-electron chi connectivity index (χ2n) is 6.98. The van der Waals surface area contributed by atoms with Gasteiger partial charge in [0.1, 0.15) is 0 Å². The summed E-state index contributed by atoms with van der Waals surface area (Å²) in [6.45, 7) is 3.55. The van der Waals surface area contributed by atoms with Crippen molar-refractivity contribution in [2.24, 2.45) is 4.40 Å². The molecule has 0 fully saturated rings. The van der Waals surface area contributed by atoms with E-state index in [4.69, 9.17) is 0 Å². The van der Waals surface area contributed by atoms with Gasteiger partial charge in [0.05, 0.1) is 0 Å². The molecule has 7 nitrogen and oxygen atoms in total. The van der Waals surface area contributed by atoms with Crippen molar-refractivity contribution in [1.82, 2.24) is 10.2 Å². The van der Waals surface area contributed by atoms with E-state index in [1.807, 2.05) is 0 Å². The molecule has 1 heterocycles. The minimum absolute atomic E-state index is 0.151. The molecule has 29 heavy (non-hydrogen) atoms. The van der Waals surface area contributed by atoms with E-state index in [2.05, 4.69) is 39.0 Å². The Balaban J connectivity index is 2.09. The van der Waals surface area contributed by atoms with Crippen molar-refractivity contribution in [3.8, 4) is 0 Å². The quantitative estimate of drug-likeness (QED) is 0.157. The lowest BCUT2D eigenvalue weighted by atomic mass is 10.1. The van der Waals surface area contributed by atoms with Gasteiger partial charge in [0.15, 0.2) is 0 Å². The van der Waals surface area contributed by atoms with Gasteiger partial charge in [-0.2, -0.15) is 12.8 Å². The minimum Gasteiger partial charge on any atom is -0.301 e. The predicted octanol–water partition coefficient (Wildman–Crippen LogP) is 5.51. The van der Waals surface area contributed by atoms with Gasteiger partial charge in [-0.3, -0.25) is 4.79 Å². The number of nitrogens with zero attached hydrogens (tertiary/aromatic N) is 3. The molecule has 0 saturated carbocycles. The molecular weight excluding hydrogens is 408 g/mol. The predicted molar refractivity (Wildman–Crippen MR) is 120 cm³/mol. The van der Waals surface area contributed by atoms with Gasteiger partial charge < -0.3 is 5.32 Å². The van der Waals surface area contributed by atoms with Gasteiger partial charge in [-0.1, -0.05) is 68.9 Å². The number of aromatic nitrogens is 2. The number of allylic oxidation sites excluding steroid dienone is 2. The average molecular weight is 443 g/mol. The molecule has 1 amide bonds. The van der Waals surface area contributed by atoms with E-state index in [0.29, 0.717) is 6.42 Å². The van der Waals surface area contributed by atoms with Gasteiger partial charge in [0, 0.05) is 13.1 Å². The fourth-order valence-electron chi connectivity index (χ4n) is 2.66. The first kappa shape index (κ1) is 25.4. The van der Waals surface area contributed by atoms with Gasteiger partial charge in [-0.25, -0.2) is 0 Å². The summed E-state index contributed by atoms with van der Waals surface area (Å²) in [5.41, 5.74) is 0. The van der Waals surface area contributed by atoms with Crippen molar-refractivity contribution in [3.05, 3.63) is 12.2 Å². The third kappa shape index (κ3) is 12.5. The number of hydrogen-bond donors (Lipinski definition) is 1. The molecule has 0 aliphatic carbocycles. The Labute approximate surface area is 179 Å². The Morgan fingerprint density at radius 1 is 0.966 bits per heavy atom. The number of anilines is 1. The number of sulfonamides is 1. The molecule has 0 aliphatic rings. The van der Waals surface area contributed by atoms with Gasteiger partial charge in [0.25, 0.3) is 4.34 Å². The van der Waals surface area contributed by atoms with E-state index in [1.54, 1.807) is 0 Å². The molecule has 1 aromatic rings. The SMILES string of the molecule is CCCCCC/C=C/CCCCCCC/C=N\S(=O)(=O)c1nnc(NC(C)=O)s1. The number of carbonyl (C=O) groups excluding carboxylic acids is 1. The van der Waals surface area contributed by atoms with Crippen molar-refractivity contribution >= 4 is 38.6 Å². The van der Waals surface area contributed by atoms with E-state index in [0.717, 1.165) is 37.0 Å². The van der Waals surface area contributed by atoms with Crippen LogP contribution in [0.5, 0.6) is 0 Å². The maximum atomic E-state index is 12.1. The average Bonchev–Trinajstić information content (AvgIpc) is 3.13. The smallest absolute Gasteiger partial charge is 0.301 e. The van der Waals surface area contributed by atoms with Gasteiger partial charge in [0.2, 0.25) is 11.0 Å². The number of amides is 1. The standard InChI is InChI=1S/C20H34N4O3S2/c1-3-4-5-6-7-8-9-10-11-12-13-14-15-16-17-21-29(26,27)20-24-23-19(28-20)22-18(2)25/h8-9,17H,3-7,10-16H2,1-2H3,(H,22,23,25)/b9-8+,21-17-. The van der Waals surface area contributed by atoms with E-state index in [-0.39, 0.29) is 15.4 Å². The van der Waals surface area contributed by atoms with Crippen molar-refractivity contribution in [1.29, 1.82) is 0 Å². The molecule has 0 aromatic carbocycles. The Bertz CT molecular complexity index is 743. The Hall–Kier alpha value is -1.61. The van der Waals surface area contributed by atoms with E-state index in [9.17, 15) is 13.2 Å². The van der Waals surface area contributed by atoms with Crippen LogP contribution in [-0.4, -0.2) is 30.7 Å². The van der Waals surface area contributed by atoms with Crippen LogP contribution in [0.25, 0.3) is 0 Å². The zero-order valence-electron chi connectivity index (χ0n) is 17.6. The van der Waals surface area contributed by atoms with Crippen LogP contribution in [0.15, 0.2) is 20.9 Å². The number of carbonyl (C=O) groups is 1. The van der Waals surface area contributed by atoms with E-state index >= 15 is 0 Å². The number of nitrogens with one attached hydrogen (secondary N) is 1. The minimum atomic E-state index is -3.84. The molecule has 0 radical (unpaired) electrons. The zero-order valence-corrected chi connectivity index (χ0v) is 19.2. The van der Waals surface area contributed by atoms with Crippen molar-refractivity contribution in [2.45, 2.75) is 95.2 Å². The maximum absolute atomic E-state index is 12.1. The van der Waals surface area contributed by atoms with Crippen molar-refractivity contribution in [3.63, 3.8) is 0 Å². The summed E-state index contributed by atoms with van der Waals surface area (Å²) in [5.74, 6) is -0.327. The van der Waals surface area contributed by atoms with Crippen LogP contribution < -0.4 is 5.32 Å². The summed E-state index contributed by atoms with van der Waals surface area (Å²) in [6.07, 6.45) is 19.8. The number of unbranched alkanes of at least 4 members (excludes halogenated alkanes) is 10. The molecule has 0 bridgehead atoms. The molecule has 0 atom stereocenters. The highest BCUT2D eigenvalue weighted by Crippen LogP contribution is 2.21. The highest BCUT2D eigenvalue weighted by atomic mass is 32.2. The summed E-state index contributed by atoms with van der Waals surface area (Å²) < 4.78 is 27.5. The molecular formula is C20H34N4O3S2. The third-order valence-electron chi connectivity index (χ3n) is 4.22. The highest BCUT2D eigenvalue weighted by Gasteiger charge is 2.18. The summed E-state index contributed by atoms with van der Waals surface area (Å²) in [6, 6.07) is 0. The Morgan fingerprint density at radius 3 is 2.17 bits per heavy atom. The molecule has 1 aromatic heterocycles. The number of hydrogen-bond acceptors (Lipinski definition) is 6. The molecule has 164 valence electrons. The lowest BCUT2D eigenvalue weighted by Gasteiger charge is -1.98. The molecule has 0 aliphatic heterocycles.